The number of benzene rings is 2. The summed E-state index contributed by atoms with van der Waals surface area (Å²) >= 11 is 1.78. The Kier molecular flexibility index (Phi) is 6.84. The molecule has 10 heteroatoms. The highest BCUT2D eigenvalue weighted by molar-refractivity contribution is 7.19. The molecule has 4 aromatic rings. The van der Waals surface area contributed by atoms with Gasteiger partial charge in [-0.3, -0.25) is 4.90 Å². The van der Waals surface area contributed by atoms with Gasteiger partial charge in [0.15, 0.2) is 11.5 Å². The number of phenols is 1. The molecule has 3 heterocycles. The highest BCUT2D eigenvalue weighted by Gasteiger charge is 2.33. The summed E-state index contributed by atoms with van der Waals surface area (Å²) in [5, 5.41) is 12.2. The summed E-state index contributed by atoms with van der Waals surface area (Å²) in [6.07, 6.45) is 1.78. The van der Waals surface area contributed by atoms with Crippen molar-refractivity contribution in [3.8, 4) is 11.5 Å². The second-order valence-corrected chi connectivity index (χ2v) is 11.1. The summed E-state index contributed by atoms with van der Waals surface area (Å²) in [5.74, 6) is 1.29. The lowest BCUT2D eigenvalue weighted by Crippen LogP contribution is -2.48. The number of hydrogen-bond donors (Lipinski definition) is 1. The lowest BCUT2D eigenvalue weighted by Gasteiger charge is -2.40. The first-order valence-electron chi connectivity index (χ1n) is 13.1. The average Bonchev–Trinajstić information content (AvgIpc) is 3.33. The molecule has 1 aliphatic heterocycles. The first-order chi connectivity index (χ1) is 18.8. The van der Waals surface area contributed by atoms with Gasteiger partial charge in [0.05, 0.1) is 24.1 Å². The Hall–Kier alpha value is -3.37. The number of methoxy groups -OCH3 is 1. The summed E-state index contributed by atoms with van der Waals surface area (Å²) in [6, 6.07) is 10.0. The Labute approximate surface area is 228 Å². The number of para-hydroxylation sites is 1. The predicted molar refractivity (Wildman–Crippen MR) is 146 cm³/mol. The topological polar surface area (TPSA) is 61.7 Å². The van der Waals surface area contributed by atoms with Gasteiger partial charge in [-0.2, -0.15) is 13.2 Å². The van der Waals surface area contributed by atoms with E-state index in [4.69, 9.17) is 9.72 Å². The van der Waals surface area contributed by atoms with E-state index in [9.17, 15) is 18.3 Å². The van der Waals surface area contributed by atoms with E-state index in [2.05, 4.69) is 14.8 Å². The lowest BCUT2D eigenvalue weighted by molar-refractivity contribution is -0.137. The molecular formula is C29H29F3N4O2S. The molecule has 2 aromatic heterocycles. The van der Waals surface area contributed by atoms with Gasteiger partial charge in [-0.25, -0.2) is 9.97 Å². The third-order valence-corrected chi connectivity index (χ3v) is 9.01. The van der Waals surface area contributed by atoms with Gasteiger partial charge in [0.2, 0.25) is 0 Å². The molecule has 2 aromatic carbocycles. The molecule has 6 rings (SSSR count). The van der Waals surface area contributed by atoms with E-state index in [0.717, 1.165) is 35.6 Å². The zero-order valence-electron chi connectivity index (χ0n) is 21.5. The van der Waals surface area contributed by atoms with Crippen LogP contribution in [0.25, 0.3) is 10.2 Å². The Balaban J connectivity index is 1.32. The highest BCUT2D eigenvalue weighted by atomic mass is 32.1. The standard InChI is InChI=1S/C29H29F3N4O2S/c1-38-22-7-4-6-21(26(22)37)25(18-9-11-19(12-10-18)29(30,31)32)35-13-15-36(16-14-35)27-24-20-5-2-3-8-23(20)39-28(24)34-17-33-27/h4,6-7,9-12,17,25,37H,2-3,5,8,13-16H2,1H3. The quantitative estimate of drug-likeness (QED) is 0.316. The van der Waals surface area contributed by atoms with E-state index >= 15 is 0 Å². The van der Waals surface area contributed by atoms with Crippen molar-refractivity contribution in [1.82, 2.24) is 14.9 Å². The van der Waals surface area contributed by atoms with Crippen LogP contribution in [0.5, 0.6) is 11.5 Å². The van der Waals surface area contributed by atoms with Crippen LogP contribution in [-0.4, -0.2) is 53.3 Å². The Morgan fingerprint density at radius 3 is 2.44 bits per heavy atom. The Morgan fingerprint density at radius 1 is 0.974 bits per heavy atom. The maximum atomic E-state index is 13.3. The summed E-state index contributed by atoms with van der Waals surface area (Å²) in [7, 11) is 1.48. The number of fused-ring (bicyclic) bond motifs is 3. The maximum Gasteiger partial charge on any atom is 0.416 e. The smallest absolute Gasteiger partial charge is 0.416 e. The van der Waals surface area contributed by atoms with Crippen LogP contribution in [0, 0.1) is 0 Å². The zero-order valence-corrected chi connectivity index (χ0v) is 22.4. The summed E-state index contributed by atoms with van der Waals surface area (Å²) in [4.78, 5) is 16.2. The monoisotopic (exact) mass is 554 g/mol. The molecule has 2 aliphatic rings. The molecule has 1 unspecified atom stereocenters. The first kappa shape index (κ1) is 25.9. The third-order valence-electron chi connectivity index (χ3n) is 7.81. The minimum atomic E-state index is -4.42. The molecule has 39 heavy (non-hydrogen) atoms. The van der Waals surface area contributed by atoms with Gasteiger partial charge in [0, 0.05) is 36.6 Å². The normalized spacial score (nSPS) is 17.3. The number of hydrogen-bond acceptors (Lipinski definition) is 7. The SMILES string of the molecule is COc1cccc(C(c2ccc(C(F)(F)F)cc2)N2CCN(c3ncnc4sc5c(c34)CCCC5)CC2)c1O. The molecule has 1 atom stereocenters. The molecule has 204 valence electrons. The van der Waals surface area contributed by atoms with E-state index in [0.29, 0.717) is 43.1 Å². The van der Waals surface area contributed by atoms with Crippen LogP contribution in [0.2, 0.25) is 0 Å². The van der Waals surface area contributed by atoms with Gasteiger partial charge in [-0.05, 0) is 55.0 Å². The molecule has 0 saturated carbocycles. The van der Waals surface area contributed by atoms with Gasteiger partial charge >= 0.3 is 6.18 Å². The van der Waals surface area contributed by atoms with Crippen molar-refractivity contribution in [2.75, 3.05) is 38.2 Å². The number of nitrogens with zero attached hydrogens (tertiary/aromatic N) is 4. The molecule has 0 radical (unpaired) electrons. The molecule has 0 bridgehead atoms. The number of aryl methyl sites for hydroxylation is 2. The molecule has 1 N–H and O–H groups in total. The van der Waals surface area contributed by atoms with Crippen LogP contribution in [0.4, 0.5) is 19.0 Å². The molecule has 0 spiro atoms. The van der Waals surface area contributed by atoms with Crippen molar-refractivity contribution < 1.29 is 23.0 Å². The fraction of sp³-hybridized carbons (Fsp3) is 0.379. The Morgan fingerprint density at radius 2 is 1.72 bits per heavy atom. The van der Waals surface area contributed by atoms with Gasteiger partial charge in [0.1, 0.15) is 17.0 Å². The van der Waals surface area contributed by atoms with Gasteiger partial charge in [0.25, 0.3) is 0 Å². The van der Waals surface area contributed by atoms with E-state index in [1.54, 1.807) is 35.9 Å². The number of aromatic hydroxyl groups is 1. The van der Waals surface area contributed by atoms with Gasteiger partial charge < -0.3 is 14.7 Å². The van der Waals surface area contributed by atoms with Crippen LogP contribution in [-0.2, 0) is 19.0 Å². The van der Waals surface area contributed by atoms with Gasteiger partial charge in [-0.15, -0.1) is 11.3 Å². The molecule has 1 fully saturated rings. The number of thiophene rings is 1. The first-order valence-corrected chi connectivity index (χ1v) is 13.9. The second kappa shape index (κ2) is 10.3. The molecule has 1 aliphatic carbocycles. The molecular weight excluding hydrogens is 525 g/mol. The van der Waals surface area contributed by atoms with Crippen molar-refractivity contribution in [2.45, 2.75) is 37.9 Å². The largest absolute Gasteiger partial charge is 0.504 e. The highest BCUT2D eigenvalue weighted by Crippen LogP contribution is 2.42. The molecule has 0 amide bonds. The number of halogens is 3. The van der Waals surface area contributed by atoms with Crippen molar-refractivity contribution in [3.05, 3.63) is 75.9 Å². The Bertz CT molecular complexity index is 1480. The van der Waals surface area contributed by atoms with Crippen LogP contribution >= 0.6 is 11.3 Å². The average molecular weight is 555 g/mol. The van der Waals surface area contributed by atoms with E-state index in [1.165, 1.54) is 47.9 Å². The third kappa shape index (κ3) is 4.80. The molecule has 6 nitrogen and oxygen atoms in total. The van der Waals surface area contributed by atoms with E-state index < -0.39 is 17.8 Å². The molecule has 1 saturated heterocycles. The number of phenolic OH excluding ortho intramolecular Hbond substituents is 1. The van der Waals surface area contributed by atoms with Crippen molar-refractivity contribution in [3.63, 3.8) is 0 Å². The fourth-order valence-electron chi connectivity index (χ4n) is 5.87. The summed E-state index contributed by atoms with van der Waals surface area (Å²) < 4.78 is 45.2. The number of ether oxygens (including phenoxy) is 1. The van der Waals surface area contributed by atoms with Crippen LogP contribution in [0.15, 0.2) is 48.8 Å². The predicted octanol–water partition coefficient (Wildman–Crippen LogP) is 6.21. The number of anilines is 1. The number of alkyl halides is 3. The van der Waals surface area contributed by atoms with E-state index in [1.807, 2.05) is 0 Å². The maximum absolute atomic E-state index is 13.3. The zero-order chi connectivity index (χ0) is 27.1. The minimum absolute atomic E-state index is 0.00487. The number of aromatic nitrogens is 2. The van der Waals surface area contributed by atoms with E-state index in [-0.39, 0.29) is 5.75 Å². The van der Waals surface area contributed by atoms with Gasteiger partial charge in [-0.1, -0.05) is 24.3 Å². The van der Waals surface area contributed by atoms with Crippen molar-refractivity contribution in [2.24, 2.45) is 0 Å². The van der Waals surface area contributed by atoms with Crippen molar-refractivity contribution in [1.29, 1.82) is 0 Å². The number of rotatable bonds is 5. The van der Waals surface area contributed by atoms with Crippen LogP contribution < -0.4 is 9.64 Å². The van der Waals surface area contributed by atoms with Crippen LogP contribution in [0.3, 0.4) is 0 Å². The number of piperazine rings is 1. The minimum Gasteiger partial charge on any atom is -0.504 e. The van der Waals surface area contributed by atoms with Crippen LogP contribution in [0.1, 0.15) is 46.0 Å². The fourth-order valence-corrected chi connectivity index (χ4v) is 7.09. The lowest BCUT2D eigenvalue weighted by atomic mass is 9.94. The summed E-state index contributed by atoms with van der Waals surface area (Å²) in [5.41, 5.74) is 1.97. The summed E-state index contributed by atoms with van der Waals surface area (Å²) in [6.45, 7) is 2.66. The van der Waals surface area contributed by atoms with Crippen molar-refractivity contribution >= 4 is 27.4 Å². The second-order valence-electron chi connectivity index (χ2n) is 10.0.